The van der Waals surface area contributed by atoms with Crippen LogP contribution in [0.25, 0.3) is 10.9 Å². The molecule has 0 radical (unpaired) electrons. The lowest BCUT2D eigenvalue weighted by atomic mass is 9.99. The van der Waals surface area contributed by atoms with E-state index in [1.54, 1.807) is 18.2 Å². The van der Waals surface area contributed by atoms with Crippen molar-refractivity contribution in [2.24, 2.45) is 0 Å². The minimum absolute atomic E-state index is 0.151. The number of ether oxygens (including phenoxy) is 1. The van der Waals surface area contributed by atoms with Gasteiger partial charge in [0.05, 0.1) is 6.04 Å². The summed E-state index contributed by atoms with van der Waals surface area (Å²) in [5.41, 5.74) is 2.87. The highest BCUT2D eigenvalue weighted by Gasteiger charge is 2.36. The van der Waals surface area contributed by atoms with Crippen LogP contribution < -0.4 is 10.6 Å². The highest BCUT2D eigenvalue weighted by molar-refractivity contribution is 6.31. The van der Waals surface area contributed by atoms with Crippen molar-refractivity contribution in [2.45, 2.75) is 18.6 Å². The molecule has 2 heterocycles. The van der Waals surface area contributed by atoms with Gasteiger partial charge >= 0.3 is 0 Å². The number of carbonyl (C=O) groups is 2. The van der Waals surface area contributed by atoms with Gasteiger partial charge in [-0.25, -0.2) is 0 Å². The summed E-state index contributed by atoms with van der Waals surface area (Å²) in [5.74, 6) is -0.544. The number of H-pyrrole nitrogens is 1. The Morgan fingerprint density at radius 2 is 1.96 bits per heavy atom. The molecule has 4 rings (SSSR count). The number of morpholine rings is 1. The fourth-order valence-corrected chi connectivity index (χ4v) is 3.76. The SMILES string of the molecule is O=C1CO[C@H](C(=O)NCCc2c[nH]c3ccccc23)[C@@H](c2ccccc2Cl)N1. The Morgan fingerprint density at radius 1 is 1.18 bits per heavy atom. The van der Waals surface area contributed by atoms with Gasteiger partial charge < -0.3 is 20.4 Å². The molecule has 0 saturated carbocycles. The van der Waals surface area contributed by atoms with Gasteiger partial charge in [0.2, 0.25) is 5.91 Å². The Hall–Kier alpha value is -2.83. The molecule has 0 bridgehead atoms. The van der Waals surface area contributed by atoms with Gasteiger partial charge in [-0.1, -0.05) is 48.0 Å². The Morgan fingerprint density at radius 3 is 2.82 bits per heavy atom. The first-order chi connectivity index (χ1) is 13.6. The zero-order chi connectivity index (χ0) is 19.5. The Bertz CT molecular complexity index is 1020. The molecule has 3 N–H and O–H groups in total. The predicted octanol–water partition coefficient (Wildman–Crippen LogP) is 2.74. The number of rotatable bonds is 5. The van der Waals surface area contributed by atoms with Gasteiger partial charge in [-0.15, -0.1) is 0 Å². The second-order valence-corrected chi connectivity index (χ2v) is 7.11. The van der Waals surface area contributed by atoms with E-state index in [-0.39, 0.29) is 18.4 Å². The molecule has 1 saturated heterocycles. The third kappa shape index (κ3) is 3.74. The molecule has 1 aromatic heterocycles. The maximum atomic E-state index is 12.8. The molecule has 0 spiro atoms. The number of amides is 2. The molecule has 0 unspecified atom stereocenters. The molecule has 0 aliphatic carbocycles. The summed E-state index contributed by atoms with van der Waals surface area (Å²) >= 11 is 6.26. The number of aromatic nitrogens is 1. The van der Waals surface area contributed by atoms with E-state index < -0.39 is 12.1 Å². The van der Waals surface area contributed by atoms with Crippen LogP contribution in [0.3, 0.4) is 0 Å². The van der Waals surface area contributed by atoms with Crippen molar-refractivity contribution < 1.29 is 14.3 Å². The number of carbonyl (C=O) groups excluding carboxylic acids is 2. The molecular weight excluding hydrogens is 378 g/mol. The van der Waals surface area contributed by atoms with Crippen LogP contribution in [-0.2, 0) is 20.7 Å². The van der Waals surface area contributed by atoms with E-state index in [1.807, 2.05) is 30.5 Å². The van der Waals surface area contributed by atoms with Crippen LogP contribution >= 0.6 is 11.6 Å². The van der Waals surface area contributed by atoms with Gasteiger partial charge in [0.25, 0.3) is 5.91 Å². The molecule has 144 valence electrons. The molecule has 1 aliphatic rings. The lowest BCUT2D eigenvalue weighted by Gasteiger charge is -2.32. The standard InChI is InChI=1S/C21H20ClN3O3/c22-16-7-3-1-6-15(16)19-20(28-12-18(26)25-19)21(27)23-10-9-13-11-24-17-8-4-2-5-14(13)17/h1-8,11,19-20,24H,9-10,12H2,(H,23,27)(H,25,26)/t19-,20+/m1/s1. The van der Waals surface area contributed by atoms with Gasteiger partial charge in [-0.2, -0.15) is 0 Å². The van der Waals surface area contributed by atoms with E-state index in [0.29, 0.717) is 23.6 Å². The minimum atomic E-state index is -0.833. The Kier molecular flexibility index (Phi) is 5.32. The van der Waals surface area contributed by atoms with E-state index in [0.717, 1.165) is 16.5 Å². The van der Waals surface area contributed by atoms with Crippen molar-refractivity contribution in [1.82, 2.24) is 15.6 Å². The second-order valence-electron chi connectivity index (χ2n) is 6.70. The monoisotopic (exact) mass is 397 g/mol. The minimum Gasteiger partial charge on any atom is -0.361 e. The fourth-order valence-electron chi connectivity index (χ4n) is 3.51. The van der Waals surface area contributed by atoms with Gasteiger partial charge in [-0.3, -0.25) is 9.59 Å². The molecule has 3 aromatic rings. The van der Waals surface area contributed by atoms with Crippen LogP contribution in [-0.4, -0.2) is 36.1 Å². The van der Waals surface area contributed by atoms with E-state index in [2.05, 4.69) is 21.7 Å². The summed E-state index contributed by atoms with van der Waals surface area (Å²) < 4.78 is 5.54. The van der Waals surface area contributed by atoms with Crippen LogP contribution in [0.5, 0.6) is 0 Å². The first-order valence-electron chi connectivity index (χ1n) is 9.11. The summed E-state index contributed by atoms with van der Waals surface area (Å²) in [4.78, 5) is 27.8. The summed E-state index contributed by atoms with van der Waals surface area (Å²) in [6.07, 6.45) is 1.81. The van der Waals surface area contributed by atoms with Crippen molar-refractivity contribution in [3.63, 3.8) is 0 Å². The Labute approximate surface area is 167 Å². The lowest BCUT2D eigenvalue weighted by Crippen LogP contribution is -2.52. The molecule has 28 heavy (non-hydrogen) atoms. The fraction of sp³-hybridized carbons (Fsp3) is 0.238. The van der Waals surface area contributed by atoms with Crippen LogP contribution in [0.2, 0.25) is 5.02 Å². The molecule has 2 aromatic carbocycles. The van der Waals surface area contributed by atoms with E-state index in [4.69, 9.17) is 16.3 Å². The summed E-state index contributed by atoms with van der Waals surface area (Å²) in [5, 5.41) is 7.36. The number of nitrogens with one attached hydrogen (secondary N) is 3. The van der Waals surface area contributed by atoms with E-state index >= 15 is 0 Å². The molecule has 6 nitrogen and oxygen atoms in total. The summed E-state index contributed by atoms with van der Waals surface area (Å²) in [6, 6.07) is 14.5. The van der Waals surface area contributed by atoms with Crippen LogP contribution in [0, 0.1) is 0 Å². The van der Waals surface area contributed by atoms with E-state index in [1.165, 1.54) is 0 Å². The van der Waals surface area contributed by atoms with Gasteiger partial charge in [0.1, 0.15) is 6.61 Å². The zero-order valence-corrected chi connectivity index (χ0v) is 15.8. The number of fused-ring (bicyclic) bond motifs is 1. The first-order valence-corrected chi connectivity index (χ1v) is 9.49. The number of hydrogen-bond donors (Lipinski definition) is 3. The van der Waals surface area contributed by atoms with Gasteiger partial charge in [0.15, 0.2) is 6.10 Å². The average molecular weight is 398 g/mol. The topological polar surface area (TPSA) is 83.2 Å². The molecular formula is C21H20ClN3O3. The molecule has 2 amide bonds. The third-order valence-electron chi connectivity index (χ3n) is 4.88. The highest BCUT2D eigenvalue weighted by Crippen LogP contribution is 2.28. The van der Waals surface area contributed by atoms with Crippen molar-refractivity contribution in [3.05, 3.63) is 70.9 Å². The number of para-hydroxylation sites is 1. The maximum absolute atomic E-state index is 12.8. The van der Waals surface area contributed by atoms with Crippen LogP contribution in [0.15, 0.2) is 54.7 Å². The quantitative estimate of drug-likeness (QED) is 0.619. The van der Waals surface area contributed by atoms with Crippen molar-refractivity contribution in [1.29, 1.82) is 0 Å². The average Bonchev–Trinajstić information content (AvgIpc) is 3.11. The zero-order valence-electron chi connectivity index (χ0n) is 15.1. The lowest BCUT2D eigenvalue weighted by molar-refractivity contribution is -0.148. The maximum Gasteiger partial charge on any atom is 0.251 e. The predicted molar refractivity (Wildman–Crippen MR) is 107 cm³/mol. The molecule has 1 aliphatic heterocycles. The first kappa shape index (κ1) is 18.5. The van der Waals surface area contributed by atoms with Gasteiger partial charge in [-0.05, 0) is 29.7 Å². The van der Waals surface area contributed by atoms with Crippen molar-refractivity contribution in [2.75, 3.05) is 13.2 Å². The van der Waals surface area contributed by atoms with Crippen molar-refractivity contribution >= 4 is 34.3 Å². The van der Waals surface area contributed by atoms with E-state index in [9.17, 15) is 9.59 Å². The summed E-state index contributed by atoms with van der Waals surface area (Å²) in [7, 11) is 0. The number of hydrogen-bond acceptors (Lipinski definition) is 3. The highest BCUT2D eigenvalue weighted by atomic mass is 35.5. The van der Waals surface area contributed by atoms with Crippen LogP contribution in [0.1, 0.15) is 17.2 Å². The largest absolute Gasteiger partial charge is 0.361 e. The smallest absolute Gasteiger partial charge is 0.251 e. The van der Waals surface area contributed by atoms with Crippen LogP contribution in [0.4, 0.5) is 0 Å². The number of halogens is 1. The van der Waals surface area contributed by atoms with Crippen molar-refractivity contribution in [3.8, 4) is 0 Å². The third-order valence-corrected chi connectivity index (χ3v) is 5.22. The normalized spacial score (nSPS) is 19.4. The van der Waals surface area contributed by atoms with Gasteiger partial charge in [0, 0.05) is 28.7 Å². The molecule has 1 fully saturated rings. The number of aromatic amines is 1. The molecule has 7 heteroatoms. The Balaban J connectivity index is 1.44. The molecule has 2 atom stereocenters. The summed E-state index contributed by atoms with van der Waals surface area (Å²) in [6.45, 7) is 0.311. The number of benzene rings is 2. The second kappa shape index (κ2) is 8.04.